The van der Waals surface area contributed by atoms with Crippen molar-refractivity contribution in [3.8, 4) is 11.1 Å². The third-order valence-corrected chi connectivity index (χ3v) is 5.06. The Kier molecular flexibility index (Phi) is 6.06. The summed E-state index contributed by atoms with van der Waals surface area (Å²) in [7, 11) is 1.32. The van der Waals surface area contributed by atoms with E-state index in [9.17, 15) is 9.59 Å². The molecule has 4 nitrogen and oxygen atoms in total. The van der Waals surface area contributed by atoms with Crippen molar-refractivity contribution in [3.63, 3.8) is 0 Å². The van der Waals surface area contributed by atoms with Crippen LogP contribution in [0.1, 0.15) is 15.9 Å². The van der Waals surface area contributed by atoms with E-state index in [1.54, 1.807) is 12.1 Å². The van der Waals surface area contributed by atoms with E-state index in [2.05, 4.69) is 5.32 Å². The van der Waals surface area contributed by atoms with E-state index >= 15 is 0 Å². The molecule has 0 saturated carbocycles. The van der Waals surface area contributed by atoms with Gasteiger partial charge in [-0.05, 0) is 23.3 Å². The van der Waals surface area contributed by atoms with E-state index in [4.69, 9.17) is 16.3 Å². The first kappa shape index (κ1) is 18.9. The maximum Gasteiger partial charge on any atom is 0.341 e. The molecule has 0 spiro atoms. The van der Waals surface area contributed by atoms with Gasteiger partial charge in [0.1, 0.15) is 10.6 Å². The average Bonchev–Trinajstić information content (AvgIpc) is 3.11. The summed E-state index contributed by atoms with van der Waals surface area (Å²) in [5.74, 6) is -0.859. The van der Waals surface area contributed by atoms with E-state index in [1.807, 2.05) is 53.9 Å². The summed E-state index contributed by atoms with van der Waals surface area (Å²) < 4.78 is 4.90. The molecule has 0 radical (unpaired) electrons. The number of amides is 1. The number of methoxy groups -OCH3 is 1. The zero-order valence-electron chi connectivity index (χ0n) is 14.4. The lowest BCUT2D eigenvalue weighted by Crippen LogP contribution is -2.11. The molecule has 0 aliphatic heterocycles. The molecule has 0 saturated heterocycles. The van der Waals surface area contributed by atoms with E-state index in [-0.39, 0.29) is 5.91 Å². The molecule has 0 atom stereocenters. The Labute approximate surface area is 166 Å². The summed E-state index contributed by atoms with van der Waals surface area (Å²) in [6.07, 6.45) is 3.01. The number of ether oxygens (including phenoxy) is 1. The molecule has 0 bridgehead atoms. The van der Waals surface area contributed by atoms with Crippen LogP contribution in [0.15, 0.2) is 66.1 Å². The van der Waals surface area contributed by atoms with E-state index in [1.165, 1.54) is 24.5 Å². The second-order valence-corrected chi connectivity index (χ2v) is 6.84. The number of benzene rings is 2. The molecular formula is C21H16ClNO3S. The van der Waals surface area contributed by atoms with Crippen molar-refractivity contribution >= 4 is 45.9 Å². The smallest absolute Gasteiger partial charge is 0.341 e. The van der Waals surface area contributed by atoms with Crippen molar-refractivity contribution < 1.29 is 14.3 Å². The zero-order valence-corrected chi connectivity index (χ0v) is 16.0. The highest BCUT2D eigenvalue weighted by Gasteiger charge is 2.21. The highest BCUT2D eigenvalue weighted by molar-refractivity contribution is 7.15. The number of carbonyl (C=O) groups is 2. The Hall–Kier alpha value is -2.89. The monoisotopic (exact) mass is 397 g/mol. The van der Waals surface area contributed by atoms with Crippen LogP contribution < -0.4 is 5.32 Å². The van der Waals surface area contributed by atoms with Crippen LogP contribution in [-0.2, 0) is 9.53 Å². The quantitative estimate of drug-likeness (QED) is 0.456. The van der Waals surface area contributed by atoms with Gasteiger partial charge in [-0.2, -0.15) is 0 Å². The predicted octanol–water partition coefficient (Wildman–Crippen LogP) is 5.51. The number of anilines is 1. The van der Waals surface area contributed by atoms with Crippen molar-refractivity contribution in [2.24, 2.45) is 0 Å². The van der Waals surface area contributed by atoms with Crippen molar-refractivity contribution in [1.29, 1.82) is 0 Å². The predicted molar refractivity (Wildman–Crippen MR) is 110 cm³/mol. The first-order valence-electron chi connectivity index (χ1n) is 8.09. The fourth-order valence-electron chi connectivity index (χ4n) is 2.51. The molecule has 136 valence electrons. The zero-order chi connectivity index (χ0) is 19.2. The minimum atomic E-state index is -0.500. The molecule has 0 aliphatic carbocycles. The van der Waals surface area contributed by atoms with Gasteiger partial charge in [0.05, 0.1) is 7.11 Å². The van der Waals surface area contributed by atoms with Gasteiger partial charge in [-0.25, -0.2) is 4.79 Å². The van der Waals surface area contributed by atoms with Gasteiger partial charge in [0, 0.05) is 22.0 Å². The van der Waals surface area contributed by atoms with Crippen LogP contribution in [0.5, 0.6) is 0 Å². The van der Waals surface area contributed by atoms with Gasteiger partial charge in [-0.15, -0.1) is 11.3 Å². The molecule has 1 N–H and O–H groups in total. The Morgan fingerprint density at radius 3 is 2.48 bits per heavy atom. The number of hydrogen-bond donors (Lipinski definition) is 1. The average molecular weight is 398 g/mol. The third-order valence-electron chi connectivity index (χ3n) is 3.82. The number of hydrogen-bond acceptors (Lipinski definition) is 4. The van der Waals surface area contributed by atoms with Crippen LogP contribution in [0.25, 0.3) is 17.2 Å². The van der Waals surface area contributed by atoms with Gasteiger partial charge in [-0.1, -0.05) is 60.1 Å². The Bertz CT molecular complexity index is 996. The van der Waals surface area contributed by atoms with E-state index in [0.717, 1.165) is 16.7 Å². The lowest BCUT2D eigenvalue weighted by molar-refractivity contribution is -0.111. The van der Waals surface area contributed by atoms with Crippen molar-refractivity contribution in [3.05, 3.63) is 82.2 Å². The van der Waals surface area contributed by atoms with Crippen molar-refractivity contribution in [2.45, 2.75) is 0 Å². The normalized spacial score (nSPS) is 10.7. The van der Waals surface area contributed by atoms with Gasteiger partial charge in [0.15, 0.2) is 0 Å². The van der Waals surface area contributed by atoms with Crippen LogP contribution in [-0.4, -0.2) is 19.0 Å². The van der Waals surface area contributed by atoms with Crippen LogP contribution >= 0.6 is 22.9 Å². The summed E-state index contributed by atoms with van der Waals surface area (Å²) in [5.41, 5.74) is 2.67. The first-order chi connectivity index (χ1) is 13.1. The van der Waals surface area contributed by atoms with Crippen LogP contribution in [0.4, 0.5) is 5.00 Å². The van der Waals surface area contributed by atoms with Gasteiger partial charge in [0.25, 0.3) is 0 Å². The molecule has 1 heterocycles. The molecular weight excluding hydrogens is 382 g/mol. The fourth-order valence-corrected chi connectivity index (χ4v) is 3.67. The maximum absolute atomic E-state index is 12.3. The fraction of sp³-hybridized carbons (Fsp3) is 0.0476. The van der Waals surface area contributed by atoms with Crippen LogP contribution in [0.2, 0.25) is 5.02 Å². The minimum absolute atomic E-state index is 0.341. The molecule has 3 rings (SSSR count). The summed E-state index contributed by atoms with van der Waals surface area (Å²) >= 11 is 7.36. The number of esters is 1. The molecule has 0 unspecified atom stereocenters. The first-order valence-corrected chi connectivity index (χ1v) is 9.34. The second kappa shape index (κ2) is 8.66. The topological polar surface area (TPSA) is 55.4 Å². The van der Waals surface area contributed by atoms with Crippen LogP contribution in [0.3, 0.4) is 0 Å². The maximum atomic E-state index is 12.3. The van der Waals surface area contributed by atoms with Crippen molar-refractivity contribution in [2.75, 3.05) is 12.4 Å². The summed E-state index contributed by atoms with van der Waals surface area (Å²) in [6, 6.07) is 16.7. The molecule has 0 fully saturated rings. The van der Waals surface area contributed by atoms with E-state index in [0.29, 0.717) is 15.6 Å². The molecule has 27 heavy (non-hydrogen) atoms. The summed E-state index contributed by atoms with van der Waals surface area (Å²) in [6.45, 7) is 0. The van der Waals surface area contributed by atoms with Crippen LogP contribution in [0, 0.1) is 0 Å². The molecule has 1 amide bonds. The molecule has 0 aliphatic rings. The Morgan fingerprint density at radius 1 is 1.07 bits per heavy atom. The van der Waals surface area contributed by atoms with Gasteiger partial charge >= 0.3 is 5.97 Å². The Balaban J connectivity index is 1.86. The second-order valence-electron chi connectivity index (χ2n) is 5.56. The number of halogens is 1. The molecule has 6 heteroatoms. The molecule has 1 aromatic heterocycles. The standard InChI is InChI=1S/C21H16ClNO3S/c1-26-21(25)19-16(14-7-3-2-4-8-14)13-27-20(19)23-18(24)12-11-15-9-5-6-10-17(15)22/h2-13H,1H3,(H,23,24)/b12-11+. The molecule has 2 aromatic carbocycles. The SMILES string of the molecule is COC(=O)c1c(-c2ccccc2)csc1NC(=O)/C=C/c1ccccc1Cl. The summed E-state index contributed by atoms with van der Waals surface area (Å²) in [5, 5.41) is 5.58. The highest BCUT2D eigenvalue weighted by Crippen LogP contribution is 2.36. The van der Waals surface area contributed by atoms with Crippen molar-refractivity contribution in [1.82, 2.24) is 0 Å². The lowest BCUT2D eigenvalue weighted by Gasteiger charge is -2.06. The number of nitrogens with one attached hydrogen (secondary N) is 1. The summed E-state index contributed by atoms with van der Waals surface area (Å²) in [4.78, 5) is 24.6. The highest BCUT2D eigenvalue weighted by atomic mass is 35.5. The van der Waals surface area contributed by atoms with Gasteiger partial charge in [-0.3, -0.25) is 4.79 Å². The molecule has 3 aromatic rings. The number of carbonyl (C=O) groups excluding carboxylic acids is 2. The van der Waals surface area contributed by atoms with Gasteiger partial charge < -0.3 is 10.1 Å². The number of thiophene rings is 1. The number of rotatable bonds is 5. The van der Waals surface area contributed by atoms with E-state index < -0.39 is 5.97 Å². The lowest BCUT2D eigenvalue weighted by atomic mass is 10.0. The Morgan fingerprint density at radius 2 is 1.78 bits per heavy atom. The van der Waals surface area contributed by atoms with Gasteiger partial charge in [0.2, 0.25) is 5.91 Å². The third kappa shape index (κ3) is 4.45. The largest absolute Gasteiger partial charge is 0.465 e. The minimum Gasteiger partial charge on any atom is -0.465 e.